The van der Waals surface area contributed by atoms with Crippen LogP contribution in [0.5, 0.6) is 0 Å². The van der Waals surface area contributed by atoms with Crippen molar-refractivity contribution in [2.75, 3.05) is 0 Å². The smallest absolute Gasteiger partial charge is 0.0702 e. The second-order valence-electron chi connectivity index (χ2n) is 3.78. The van der Waals surface area contributed by atoms with Crippen molar-refractivity contribution in [3.05, 3.63) is 69.5 Å². The van der Waals surface area contributed by atoms with Gasteiger partial charge in [0.25, 0.3) is 0 Å². The van der Waals surface area contributed by atoms with Crippen molar-refractivity contribution in [2.45, 2.75) is 0 Å². The van der Waals surface area contributed by atoms with Crippen molar-refractivity contribution < 1.29 is 0 Å². The summed E-state index contributed by atoms with van der Waals surface area (Å²) in [4.78, 5) is 4.51. The van der Waals surface area contributed by atoms with Gasteiger partial charge in [0, 0.05) is 11.4 Å². The number of benzene rings is 2. The molecule has 0 aliphatic carbocycles. The van der Waals surface area contributed by atoms with Gasteiger partial charge in [0.2, 0.25) is 0 Å². The molecule has 2 aromatic rings. The Kier molecular flexibility index (Phi) is 2.15. The summed E-state index contributed by atoms with van der Waals surface area (Å²) in [5.74, 6) is 0. The standard InChI is InChI=1S/C15H11N/c1-2-7-14-11-16-15-8-4-3-6-13(15)10-9-12(14)5-1/h1-11H/b10-9?,12-9-,13-10-,14-11-,16-11?,16-15-. The maximum absolute atomic E-state index is 4.51. The molecule has 0 spiro atoms. The Bertz CT molecular complexity index is 621. The molecule has 0 radical (unpaired) electrons. The Morgan fingerprint density at radius 2 is 1.25 bits per heavy atom. The Morgan fingerprint density at radius 1 is 0.625 bits per heavy atom. The first kappa shape index (κ1) is 9.10. The van der Waals surface area contributed by atoms with E-state index in [2.05, 4.69) is 35.3 Å². The van der Waals surface area contributed by atoms with E-state index in [1.807, 2.05) is 36.5 Å². The lowest BCUT2D eigenvalue weighted by molar-refractivity contribution is 1.33. The third-order valence-electron chi connectivity index (χ3n) is 2.72. The number of para-hydroxylation sites is 1. The van der Waals surface area contributed by atoms with Gasteiger partial charge in [0.05, 0.1) is 5.36 Å². The van der Waals surface area contributed by atoms with Gasteiger partial charge in [-0.2, -0.15) is 0 Å². The van der Waals surface area contributed by atoms with E-state index in [0.29, 0.717) is 0 Å². The van der Waals surface area contributed by atoms with Crippen LogP contribution < -0.4 is 21.0 Å². The molecule has 0 saturated heterocycles. The molecule has 0 unspecified atom stereocenters. The summed E-state index contributed by atoms with van der Waals surface area (Å²) >= 11 is 0. The third-order valence-corrected chi connectivity index (χ3v) is 2.72. The van der Waals surface area contributed by atoms with Crippen LogP contribution in [0, 0.1) is 0 Å². The topological polar surface area (TPSA) is 12.4 Å². The molecule has 1 aliphatic rings. The number of hydrogen-bond donors (Lipinski definition) is 0. The molecule has 2 aromatic carbocycles. The van der Waals surface area contributed by atoms with Crippen molar-refractivity contribution in [3.63, 3.8) is 0 Å². The summed E-state index contributed by atoms with van der Waals surface area (Å²) in [5, 5.41) is 4.55. The lowest BCUT2D eigenvalue weighted by Gasteiger charge is -1.93. The average Bonchev–Trinajstić information content (AvgIpc) is 2.32. The first-order chi connectivity index (χ1) is 7.93. The van der Waals surface area contributed by atoms with E-state index < -0.39 is 0 Å². The molecular formula is C15H11N. The van der Waals surface area contributed by atoms with Crippen LogP contribution in [0.25, 0.3) is 18.4 Å². The summed E-state index contributed by atoms with van der Waals surface area (Å²) in [6, 6.07) is 16.4. The molecule has 0 atom stereocenters. The van der Waals surface area contributed by atoms with Gasteiger partial charge < -0.3 is 0 Å². The fourth-order valence-electron chi connectivity index (χ4n) is 1.84. The first-order valence-electron chi connectivity index (χ1n) is 5.34. The molecule has 16 heavy (non-hydrogen) atoms. The quantitative estimate of drug-likeness (QED) is 0.587. The highest BCUT2D eigenvalue weighted by Crippen LogP contribution is 1.79. The molecule has 3 rings (SSSR count). The van der Waals surface area contributed by atoms with E-state index >= 15 is 0 Å². The zero-order valence-electron chi connectivity index (χ0n) is 8.80. The van der Waals surface area contributed by atoms with Gasteiger partial charge in [-0.3, -0.25) is 4.99 Å². The summed E-state index contributed by atoms with van der Waals surface area (Å²) in [5.41, 5.74) is 0. The van der Waals surface area contributed by atoms with Crippen molar-refractivity contribution in [2.24, 2.45) is 4.99 Å². The van der Waals surface area contributed by atoms with Crippen LogP contribution >= 0.6 is 0 Å². The molecule has 0 aromatic heterocycles. The fourth-order valence-corrected chi connectivity index (χ4v) is 1.84. The Labute approximate surface area is 93.4 Å². The van der Waals surface area contributed by atoms with E-state index in [-0.39, 0.29) is 0 Å². The molecule has 0 fully saturated rings. The van der Waals surface area contributed by atoms with Crippen LogP contribution in [0.4, 0.5) is 0 Å². The lowest BCUT2D eigenvalue weighted by atomic mass is 10.2. The molecule has 0 saturated carbocycles. The second kappa shape index (κ2) is 3.78. The van der Waals surface area contributed by atoms with Crippen molar-refractivity contribution in [1.29, 1.82) is 0 Å². The van der Waals surface area contributed by atoms with Crippen molar-refractivity contribution in [3.8, 4) is 0 Å². The minimum atomic E-state index is 1.02. The monoisotopic (exact) mass is 205 g/mol. The van der Waals surface area contributed by atoms with Gasteiger partial charge in [0.15, 0.2) is 0 Å². The summed E-state index contributed by atoms with van der Waals surface area (Å²) in [6.45, 7) is 0. The first-order valence-corrected chi connectivity index (χ1v) is 5.34. The van der Waals surface area contributed by atoms with E-state index in [1.54, 1.807) is 0 Å². The van der Waals surface area contributed by atoms with Crippen molar-refractivity contribution in [1.82, 2.24) is 0 Å². The van der Waals surface area contributed by atoms with Crippen molar-refractivity contribution >= 4 is 18.4 Å². The average molecular weight is 205 g/mol. The normalized spacial score (nSPS) is 21.0. The summed E-state index contributed by atoms with van der Waals surface area (Å²) in [6.07, 6.45) is 6.18. The molecule has 1 nitrogen and oxygen atoms in total. The van der Waals surface area contributed by atoms with E-state index in [1.165, 1.54) is 5.22 Å². The maximum Gasteiger partial charge on any atom is 0.0702 e. The third kappa shape index (κ3) is 1.57. The highest BCUT2D eigenvalue weighted by molar-refractivity contribution is 5.61. The molecule has 76 valence electrons. The number of rotatable bonds is 0. The largest absolute Gasteiger partial charge is 0.256 e. The van der Waals surface area contributed by atoms with E-state index in [4.69, 9.17) is 0 Å². The zero-order chi connectivity index (χ0) is 10.8. The van der Waals surface area contributed by atoms with Gasteiger partial charge in [-0.1, -0.05) is 54.6 Å². The van der Waals surface area contributed by atoms with Crippen LogP contribution in [-0.2, 0) is 0 Å². The Balaban J connectivity index is 2.45. The fraction of sp³-hybridized carbons (Fsp3) is 0. The lowest BCUT2D eigenvalue weighted by Crippen LogP contribution is -2.29. The maximum atomic E-state index is 4.51. The van der Waals surface area contributed by atoms with Crippen LogP contribution in [-0.4, -0.2) is 0 Å². The van der Waals surface area contributed by atoms with Gasteiger partial charge in [-0.15, -0.1) is 0 Å². The number of hydrogen-bond acceptors (Lipinski definition) is 1. The molecule has 0 bridgehead atoms. The number of nitrogens with zero attached hydrogens (tertiary/aromatic N) is 1. The molecule has 1 aliphatic heterocycles. The van der Waals surface area contributed by atoms with Gasteiger partial charge >= 0.3 is 0 Å². The minimum Gasteiger partial charge on any atom is -0.256 e. The van der Waals surface area contributed by atoms with Crippen LogP contribution in [0.1, 0.15) is 0 Å². The predicted octanol–water partition coefficient (Wildman–Crippen LogP) is 0.319. The molecule has 0 N–H and O–H groups in total. The van der Waals surface area contributed by atoms with Crippen LogP contribution in [0.15, 0.2) is 53.5 Å². The minimum absolute atomic E-state index is 1.02. The Hall–Kier alpha value is -2.15. The molecule has 1 heterocycles. The van der Waals surface area contributed by atoms with Crippen LogP contribution in [0.3, 0.4) is 0 Å². The van der Waals surface area contributed by atoms with Gasteiger partial charge in [0.1, 0.15) is 0 Å². The highest BCUT2D eigenvalue weighted by Gasteiger charge is 1.88. The van der Waals surface area contributed by atoms with Gasteiger partial charge in [-0.25, -0.2) is 0 Å². The molecule has 0 amide bonds. The van der Waals surface area contributed by atoms with E-state index in [9.17, 15) is 0 Å². The van der Waals surface area contributed by atoms with Crippen LogP contribution in [0.2, 0.25) is 0 Å². The van der Waals surface area contributed by atoms with E-state index in [0.717, 1.165) is 15.8 Å². The zero-order valence-corrected chi connectivity index (χ0v) is 8.80. The second-order valence-corrected chi connectivity index (χ2v) is 3.78. The Morgan fingerprint density at radius 3 is 2.12 bits per heavy atom. The number of fused-ring (bicyclic) bond motifs is 2. The summed E-state index contributed by atoms with van der Waals surface area (Å²) < 4.78 is 0. The summed E-state index contributed by atoms with van der Waals surface area (Å²) in [7, 11) is 0. The SMILES string of the molecule is C1=c2/cccc/c2=C/N=c2/cccc/c2=C/1. The highest BCUT2D eigenvalue weighted by atomic mass is 14.7. The molecule has 1 heteroatoms. The predicted molar refractivity (Wildman–Crippen MR) is 66.3 cm³/mol. The van der Waals surface area contributed by atoms with Gasteiger partial charge in [-0.05, 0) is 16.5 Å². The molecular weight excluding hydrogens is 194 g/mol.